The summed E-state index contributed by atoms with van der Waals surface area (Å²) in [5.41, 5.74) is 2.52. The van der Waals surface area contributed by atoms with Gasteiger partial charge in [-0.3, -0.25) is 4.79 Å². The summed E-state index contributed by atoms with van der Waals surface area (Å²) in [5.74, 6) is -1.14. The van der Waals surface area contributed by atoms with Crippen LogP contribution in [-0.2, 0) is 26.6 Å². The second-order valence-corrected chi connectivity index (χ2v) is 10.9. The molecule has 1 amide bonds. The lowest BCUT2D eigenvalue weighted by Gasteiger charge is -2.31. The molecule has 1 saturated heterocycles. The quantitative estimate of drug-likeness (QED) is 0.456. The second kappa shape index (κ2) is 10.9. The van der Waals surface area contributed by atoms with Crippen LogP contribution < -0.4 is 5.32 Å². The van der Waals surface area contributed by atoms with Gasteiger partial charge in [-0.2, -0.15) is 4.31 Å². The van der Waals surface area contributed by atoms with Crippen molar-refractivity contribution in [2.75, 3.05) is 26.2 Å². The zero-order valence-electron chi connectivity index (χ0n) is 20.3. The lowest BCUT2D eigenvalue weighted by atomic mass is 9.96. The second-order valence-electron chi connectivity index (χ2n) is 9.01. The van der Waals surface area contributed by atoms with E-state index in [1.807, 2.05) is 0 Å². The lowest BCUT2D eigenvalue weighted by molar-refractivity contribution is -0.126. The van der Waals surface area contributed by atoms with Crippen LogP contribution in [0.5, 0.6) is 0 Å². The molecular weight excluding hydrogens is 442 g/mol. The van der Waals surface area contributed by atoms with Crippen molar-refractivity contribution in [3.8, 4) is 0 Å². The molecule has 1 aliphatic carbocycles. The minimum Gasteiger partial charge on any atom is -0.462 e. The van der Waals surface area contributed by atoms with Gasteiger partial charge in [-0.05, 0) is 65.7 Å². The molecule has 8 nitrogen and oxygen atoms in total. The van der Waals surface area contributed by atoms with Crippen LogP contribution in [0.1, 0.15) is 73.6 Å². The van der Waals surface area contributed by atoms with Crippen LogP contribution >= 0.6 is 0 Å². The highest BCUT2D eigenvalue weighted by Gasteiger charge is 2.38. The standard InChI is InChI=1S/C24H37N3O5S/c1-5-32-24(29)21-17(2)26(4)18(3)22(21)33(30,31)27-15-9-12-20(16-27)23(28)25-14-13-19-10-7-6-8-11-19/h10,20H,5-9,11-16H2,1-4H3,(H,25,28). The predicted molar refractivity (Wildman–Crippen MR) is 127 cm³/mol. The Morgan fingerprint density at radius 2 is 1.94 bits per heavy atom. The number of sulfonamides is 1. The molecular formula is C24H37N3O5S. The number of carbonyl (C=O) groups is 2. The maximum Gasteiger partial charge on any atom is 0.341 e. The maximum atomic E-state index is 13.7. The van der Waals surface area contributed by atoms with Gasteiger partial charge in [-0.1, -0.05) is 11.6 Å². The molecule has 2 heterocycles. The molecule has 184 valence electrons. The highest BCUT2D eigenvalue weighted by atomic mass is 32.2. The van der Waals surface area contributed by atoms with Gasteiger partial charge < -0.3 is 14.6 Å². The minimum absolute atomic E-state index is 0.00811. The number of esters is 1. The number of amides is 1. The summed E-state index contributed by atoms with van der Waals surface area (Å²) in [4.78, 5) is 25.4. The van der Waals surface area contributed by atoms with Crippen LogP contribution in [0, 0.1) is 19.8 Å². The molecule has 1 aromatic heterocycles. The molecule has 1 atom stereocenters. The third-order valence-corrected chi connectivity index (χ3v) is 8.91. The van der Waals surface area contributed by atoms with E-state index in [9.17, 15) is 18.0 Å². The van der Waals surface area contributed by atoms with E-state index < -0.39 is 21.9 Å². The van der Waals surface area contributed by atoms with Crippen molar-refractivity contribution in [1.29, 1.82) is 0 Å². The van der Waals surface area contributed by atoms with E-state index in [-0.39, 0.29) is 29.5 Å². The summed E-state index contributed by atoms with van der Waals surface area (Å²) >= 11 is 0. The van der Waals surface area contributed by atoms with E-state index in [0.29, 0.717) is 37.3 Å². The molecule has 3 rings (SSSR count). The molecule has 0 saturated carbocycles. The van der Waals surface area contributed by atoms with Crippen LogP contribution in [0.3, 0.4) is 0 Å². The molecule has 1 aliphatic heterocycles. The lowest BCUT2D eigenvalue weighted by Crippen LogP contribution is -2.45. The molecule has 0 bridgehead atoms. The number of hydrogen-bond donors (Lipinski definition) is 1. The van der Waals surface area contributed by atoms with E-state index in [1.165, 1.54) is 22.7 Å². The van der Waals surface area contributed by atoms with Crippen LogP contribution in [0.2, 0.25) is 0 Å². The summed E-state index contributed by atoms with van der Waals surface area (Å²) in [7, 11) is -2.23. The third-order valence-electron chi connectivity index (χ3n) is 6.89. The van der Waals surface area contributed by atoms with Crippen LogP contribution in [-0.4, -0.2) is 55.4 Å². The number of allylic oxidation sites excluding steroid dienone is 1. The summed E-state index contributed by atoms with van der Waals surface area (Å²) in [6.45, 7) is 6.28. The average molecular weight is 480 g/mol. The first-order chi connectivity index (χ1) is 15.7. The Balaban J connectivity index is 1.74. The highest BCUT2D eigenvalue weighted by Crippen LogP contribution is 2.32. The third kappa shape index (κ3) is 5.51. The predicted octanol–water partition coefficient (Wildman–Crippen LogP) is 3.23. The molecule has 0 spiro atoms. The van der Waals surface area contributed by atoms with Gasteiger partial charge in [0.2, 0.25) is 15.9 Å². The normalized spacial score (nSPS) is 19.8. The number of carbonyl (C=O) groups excluding carboxylic acids is 2. The van der Waals surface area contributed by atoms with Crippen molar-refractivity contribution < 1.29 is 22.7 Å². The van der Waals surface area contributed by atoms with Crippen molar-refractivity contribution in [3.63, 3.8) is 0 Å². The monoisotopic (exact) mass is 479 g/mol. The van der Waals surface area contributed by atoms with Gasteiger partial charge in [0, 0.05) is 38.1 Å². The maximum absolute atomic E-state index is 13.7. The minimum atomic E-state index is -3.97. The van der Waals surface area contributed by atoms with Gasteiger partial charge in [0.1, 0.15) is 10.5 Å². The number of piperidine rings is 1. The smallest absolute Gasteiger partial charge is 0.341 e. The summed E-state index contributed by atoms with van der Waals surface area (Å²) in [6, 6.07) is 0. The molecule has 1 unspecified atom stereocenters. The number of hydrogen-bond acceptors (Lipinski definition) is 5. The first kappa shape index (κ1) is 25.5. The number of aromatic nitrogens is 1. The average Bonchev–Trinajstić information content (AvgIpc) is 3.04. The Morgan fingerprint density at radius 3 is 2.61 bits per heavy atom. The number of rotatable bonds is 8. The summed E-state index contributed by atoms with van der Waals surface area (Å²) in [5, 5.41) is 3.00. The molecule has 2 aliphatic rings. The summed E-state index contributed by atoms with van der Waals surface area (Å²) in [6.07, 6.45) is 9.04. The van der Waals surface area contributed by atoms with Crippen molar-refractivity contribution in [2.45, 2.75) is 70.6 Å². The summed E-state index contributed by atoms with van der Waals surface area (Å²) < 4.78 is 35.5. The van der Waals surface area contributed by atoms with E-state index in [4.69, 9.17) is 4.74 Å². The van der Waals surface area contributed by atoms with E-state index in [1.54, 1.807) is 32.4 Å². The van der Waals surface area contributed by atoms with Gasteiger partial charge in [-0.25, -0.2) is 13.2 Å². The fourth-order valence-electron chi connectivity index (χ4n) is 4.80. The molecule has 0 aromatic carbocycles. The first-order valence-electron chi connectivity index (χ1n) is 12.0. The Bertz CT molecular complexity index is 1030. The Morgan fingerprint density at radius 1 is 1.18 bits per heavy atom. The zero-order valence-corrected chi connectivity index (χ0v) is 21.1. The van der Waals surface area contributed by atoms with Crippen molar-refractivity contribution in [2.24, 2.45) is 13.0 Å². The molecule has 33 heavy (non-hydrogen) atoms. The van der Waals surface area contributed by atoms with Crippen molar-refractivity contribution in [1.82, 2.24) is 14.2 Å². The van der Waals surface area contributed by atoms with Crippen LogP contribution in [0.15, 0.2) is 16.5 Å². The Labute approximate surface area is 197 Å². The van der Waals surface area contributed by atoms with Crippen LogP contribution in [0.25, 0.3) is 0 Å². The highest BCUT2D eigenvalue weighted by molar-refractivity contribution is 7.89. The van der Waals surface area contributed by atoms with Crippen molar-refractivity contribution >= 4 is 21.9 Å². The van der Waals surface area contributed by atoms with Gasteiger partial charge in [0.25, 0.3) is 0 Å². The zero-order chi connectivity index (χ0) is 24.2. The number of ether oxygens (including phenoxy) is 1. The SMILES string of the molecule is CCOC(=O)c1c(S(=O)(=O)N2CCCC(C(=O)NCCC3=CCCCC3)C2)c(C)n(C)c1C. The van der Waals surface area contributed by atoms with Gasteiger partial charge in [0.15, 0.2) is 0 Å². The molecule has 1 fully saturated rings. The van der Waals surface area contributed by atoms with E-state index in [0.717, 1.165) is 19.3 Å². The first-order valence-corrected chi connectivity index (χ1v) is 13.4. The number of nitrogens with one attached hydrogen (secondary N) is 1. The topological polar surface area (TPSA) is 97.7 Å². The Kier molecular flexibility index (Phi) is 8.39. The molecule has 9 heteroatoms. The van der Waals surface area contributed by atoms with E-state index >= 15 is 0 Å². The number of nitrogens with zero attached hydrogens (tertiary/aromatic N) is 2. The fourth-order valence-corrected chi connectivity index (χ4v) is 6.81. The molecule has 1 N–H and O–H groups in total. The fraction of sp³-hybridized carbons (Fsp3) is 0.667. The van der Waals surface area contributed by atoms with Gasteiger partial charge >= 0.3 is 5.97 Å². The van der Waals surface area contributed by atoms with E-state index in [2.05, 4.69) is 11.4 Å². The van der Waals surface area contributed by atoms with Gasteiger partial charge in [0.05, 0.1) is 12.5 Å². The van der Waals surface area contributed by atoms with Crippen molar-refractivity contribution in [3.05, 3.63) is 28.6 Å². The van der Waals surface area contributed by atoms with Gasteiger partial charge in [-0.15, -0.1) is 0 Å². The Hall–Kier alpha value is -2.13. The molecule has 1 aromatic rings. The van der Waals surface area contributed by atoms with Crippen LogP contribution in [0.4, 0.5) is 0 Å². The molecule has 0 radical (unpaired) electrons. The largest absolute Gasteiger partial charge is 0.462 e.